The van der Waals surface area contributed by atoms with Crippen LogP contribution < -0.4 is 0 Å². The van der Waals surface area contributed by atoms with Crippen LogP contribution in [0.3, 0.4) is 0 Å². The number of ketones is 2. The predicted molar refractivity (Wildman–Crippen MR) is 79.1 cm³/mol. The van der Waals surface area contributed by atoms with Crippen molar-refractivity contribution < 1.29 is 14.7 Å². The average molecular weight is 313 g/mol. The van der Waals surface area contributed by atoms with Crippen LogP contribution in [0.4, 0.5) is 0 Å². The van der Waals surface area contributed by atoms with Gasteiger partial charge in [0, 0.05) is 11.0 Å². The Morgan fingerprint density at radius 1 is 1.05 bits per heavy atom. The first-order valence-electron chi connectivity index (χ1n) is 6.13. The van der Waals surface area contributed by atoms with Crippen LogP contribution >= 0.6 is 23.2 Å². The second kappa shape index (κ2) is 5.23. The third kappa shape index (κ3) is 2.25. The number of Topliss-reactive ketones (excluding diaryl/α,β-unsaturated/α-hetero) is 2. The molecule has 3 nitrogen and oxygen atoms in total. The molecule has 0 saturated heterocycles. The van der Waals surface area contributed by atoms with Gasteiger partial charge >= 0.3 is 0 Å². The number of benzene rings is 1. The molecule has 0 spiro atoms. The molecule has 1 fully saturated rings. The van der Waals surface area contributed by atoms with Gasteiger partial charge in [-0.1, -0.05) is 44.2 Å². The highest BCUT2D eigenvalue weighted by Crippen LogP contribution is 2.42. The minimum atomic E-state index is -0.955. The number of aliphatic hydroxyl groups excluding tert-OH is 1. The summed E-state index contributed by atoms with van der Waals surface area (Å²) in [6.07, 6.45) is 0. The van der Waals surface area contributed by atoms with E-state index >= 15 is 0 Å². The number of hydrogen-bond acceptors (Lipinski definition) is 3. The second-order valence-corrected chi connectivity index (χ2v) is 6.24. The van der Waals surface area contributed by atoms with Gasteiger partial charge in [-0.3, -0.25) is 9.59 Å². The third-order valence-electron chi connectivity index (χ3n) is 3.54. The fraction of sp³-hybridized carbons (Fsp3) is 0.333. The zero-order chi connectivity index (χ0) is 15.1. The summed E-state index contributed by atoms with van der Waals surface area (Å²) < 4.78 is 0. The summed E-state index contributed by atoms with van der Waals surface area (Å²) in [5.74, 6) is -1.53. The Labute approximate surface area is 127 Å². The van der Waals surface area contributed by atoms with Gasteiger partial charge in [0.05, 0.1) is 0 Å². The van der Waals surface area contributed by atoms with Gasteiger partial charge in [0.2, 0.25) is 0 Å². The van der Waals surface area contributed by atoms with Crippen molar-refractivity contribution in [2.45, 2.75) is 24.6 Å². The molecule has 20 heavy (non-hydrogen) atoms. The molecule has 1 aliphatic carbocycles. The van der Waals surface area contributed by atoms with Gasteiger partial charge in [-0.15, -0.1) is 23.2 Å². The van der Waals surface area contributed by atoms with E-state index < -0.39 is 27.7 Å². The van der Waals surface area contributed by atoms with Crippen molar-refractivity contribution in [3.63, 3.8) is 0 Å². The van der Waals surface area contributed by atoms with E-state index in [4.69, 9.17) is 23.2 Å². The quantitative estimate of drug-likeness (QED) is 0.374. The zero-order valence-corrected chi connectivity index (χ0v) is 12.6. The van der Waals surface area contributed by atoms with Crippen LogP contribution in [0.5, 0.6) is 0 Å². The van der Waals surface area contributed by atoms with Crippen molar-refractivity contribution in [3.8, 4) is 0 Å². The van der Waals surface area contributed by atoms with Crippen molar-refractivity contribution in [1.82, 2.24) is 0 Å². The molecule has 1 aliphatic rings. The summed E-state index contributed by atoms with van der Waals surface area (Å²) in [4.78, 5) is 24.6. The van der Waals surface area contributed by atoms with Gasteiger partial charge in [-0.05, 0) is 0 Å². The predicted octanol–water partition coefficient (Wildman–Crippen LogP) is 3.35. The van der Waals surface area contributed by atoms with Crippen LogP contribution in [0.2, 0.25) is 0 Å². The van der Waals surface area contributed by atoms with Crippen molar-refractivity contribution >= 4 is 40.5 Å². The first-order chi connectivity index (χ1) is 9.28. The maximum atomic E-state index is 12.3. The summed E-state index contributed by atoms with van der Waals surface area (Å²) in [6.45, 7) is 3.32. The molecule has 0 amide bonds. The van der Waals surface area contributed by atoms with Crippen LogP contribution in [0.15, 0.2) is 35.9 Å². The molecule has 0 unspecified atom stereocenters. The molecular formula is C15H14Cl2O3. The molecule has 0 heterocycles. The molecule has 1 aromatic carbocycles. The average Bonchev–Trinajstić information content (AvgIpc) is 2.44. The number of halogens is 2. The van der Waals surface area contributed by atoms with Gasteiger partial charge in [0.1, 0.15) is 22.1 Å². The molecule has 0 aromatic heterocycles. The Bertz CT molecular complexity index is 564. The minimum absolute atomic E-state index is 0.310. The number of alkyl halides is 2. The highest BCUT2D eigenvalue weighted by molar-refractivity contribution is 6.48. The number of carbonyl (C=O) groups excluding carboxylic acids is 2. The van der Waals surface area contributed by atoms with Gasteiger partial charge in [-0.25, -0.2) is 0 Å². The van der Waals surface area contributed by atoms with E-state index in [9.17, 15) is 14.7 Å². The monoisotopic (exact) mass is 312 g/mol. The molecule has 2 rings (SSSR count). The lowest BCUT2D eigenvalue weighted by Crippen LogP contribution is -2.51. The lowest BCUT2D eigenvalue weighted by atomic mass is 9.72. The SMILES string of the molecule is CC1(C)[C@@H](Cl)C(=O)C(=C(O)c2ccccc2)C(=O)[C@@H]1Cl. The van der Waals surface area contributed by atoms with Crippen molar-refractivity contribution in [3.05, 3.63) is 41.5 Å². The maximum Gasteiger partial charge on any atom is 0.188 e. The van der Waals surface area contributed by atoms with Gasteiger partial charge < -0.3 is 5.11 Å². The van der Waals surface area contributed by atoms with E-state index in [0.29, 0.717) is 5.56 Å². The molecule has 0 radical (unpaired) electrons. The van der Waals surface area contributed by atoms with E-state index in [-0.39, 0.29) is 11.3 Å². The molecular weight excluding hydrogens is 299 g/mol. The largest absolute Gasteiger partial charge is 0.506 e. The van der Waals surface area contributed by atoms with E-state index in [2.05, 4.69) is 0 Å². The molecule has 1 saturated carbocycles. The summed E-state index contributed by atoms with van der Waals surface area (Å²) in [7, 11) is 0. The Hall–Kier alpha value is -1.32. The number of rotatable bonds is 1. The first-order valence-corrected chi connectivity index (χ1v) is 7.01. The van der Waals surface area contributed by atoms with Gasteiger partial charge in [0.15, 0.2) is 11.6 Å². The van der Waals surface area contributed by atoms with Gasteiger partial charge in [-0.2, -0.15) is 0 Å². The molecule has 0 bridgehead atoms. The molecule has 1 aromatic rings. The summed E-state index contributed by atoms with van der Waals surface area (Å²) in [5.41, 5.74) is -0.787. The highest BCUT2D eigenvalue weighted by Gasteiger charge is 2.51. The standard InChI is InChI=1S/C15H14Cl2O3/c1-15(2)13(16)11(19)9(12(20)14(15)17)10(18)8-6-4-3-5-7-8/h3-7,13-14,18H,1-2H3/t13-,14-/m0/s1. The van der Waals surface area contributed by atoms with E-state index in [1.165, 1.54) is 0 Å². The molecule has 0 aliphatic heterocycles. The Balaban J connectivity index is 2.57. The topological polar surface area (TPSA) is 54.4 Å². The van der Waals surface area contributed by atoms with E-state index in [0.717, 1.165) is 0 Å². The molecule has 5 heteroatoms. The van der Waals surface area contributed by atoms with Crippen molar-refractivity contribution in [2.24, 2.45) is 5.41 Å². The minimum Gasteiger partial charge on any atom is -0.506 e. The molecule has 1 N–H and O–H groups in total. The summed E-state index contributed by atoms with van der Waals surface area (Å²) in [5, 5.41) is 8.30. The van der Waals surface area contributed by atoms with Crippen LogP contribution in [-0.2, 0) is 9.59 Å². The number of aliphatic hydroxyl groups is 1. The lowest BCUT2D eigenvalue weighted by molar-refractivity contribution is -0.126. The summed E-state index contributed by atoms with van der Waals surface area (Å²) in [6, 6.07) is 8.38. The number of carbonyl (C=O) groups is 2. The Morgan fingerprint density at radius 2 is 1.50 bits per heavy atom. The highest BCUT2D eigenvalue weighted by atomic mass is 35.5. The molecule has 2 atom stereocenters. The van der Waals surface area contributed by atoms with Crippen molar-refractivity contribution in [2.75, 3.05) is 0 Å². The van der Waals surface area contributed by atoms with E-state index in [1.54, 1.807) is 44.2 Å². The number of hydrogen-bond donors (Lipinski definition) is 1. The Morgan fingerprint density at radius 3 is 1.95 bits per heavy atom. The third-order valence-corrected chi connectivity index (χ3v) is 5.06. The zero-order valence-electron chi connectivity index (χ0n) is 11.1. The van der Waals surface area contributed by atoms with Gasteiger partial charge in [0.25, 0.3) is 0 Å². The van der Waals surface area contributed by atoms with Crippen LogP contribution in [0.1, 0.15) is 19.4 Å². The van der Waals surface area contributed by atoms with Crippen LogP contribution in [0, 0.1) is 5.41 Å². The Kier molecular flexibility index (Phi) is 3.94. The van der Waals surface area contributed by atoms with Crippen LogP contribution in [0.25, 0.3) is 5.76 Å². The number of allylic oxidation sites excluding steroid dienone is 1. The smallest absolute Gasteiger partial charge is 0.188 e. The molecule has 106 valence electrons. The second-order valence-electron chi connectivity index (χ2n) is 5.36. The normalized spacial score (nSPS) is 25.7. The fourth-order valence-corrected chi connectivity index (χ4v) is 2.69. The maximum absolute atomic E-state index is 12.3. The van der Waals surface area contributed by atoms with Crippen LogP contribution in [-0.4, -0.2) is 27.4 Å². The van der Waals surface area contributed by atoms with Crippen molar-refractivity contribution in [1.29, 1.82) is 0 Å². The first kappa shape index (κ1) is 15.1. The lowest BCUT2D eigenvalue weighted by Gasteiger charge is -2.37. The van der Waals surface area contributed by atoms with E-state index in [1.807, 2.05) is 0 Å². The fourth-order valence-electron chi connectivity index (χ4n) is 2.15. The summed E-state index contributed by atoms with van der Waals surface area (Å²) >= 11 is 12.2.